The zero-order valence-corrected chi connectivity index (χ0v) is 20.3. The van der Waals surface area contributed by atoms with E-state index in [0.29, 0.717) is 59.6 Å². The maximum atomic E-state index is 13.2. The van der Waals surface area contributed by atoms with Crippen LogP contribution < -0.4 is 5.32 Å². The molecule has 0 aliphatic carbocycles. The summed E-state index contributed by atoms with van der Waals surface area (Å²) in [5.74, 6) is -0.496. The van der Waals surface area contributed by atoms with Crippen molar-refractivity contribution in [2.45, 2.75) is 19.9 Å². The minimum atomic E-state index is -0.795. The molecule has 8 nitrogen and oxygen atoms in total. The standard InChI is InChI=1S/C23H28Cl2N4O4/c1-4-8-29-19(14-27-9-11-28(12-10-27)15(3)30)20(22(31)33-5-2)21(26-23(29)32)17-7-6-16(24)13-18(17)25/h4,6-7,13,21H,1,5,8-12,14H2,2-3H3,(H,26,32)/t21-/m0/s1. The summed E-state index contributed by atoms with van der Waals surface area (Å²) in [5, 5.41) is 3.67. The highest BCUT2D eigenvalue weighted by Gasteiger charge is 2.39. The average molecular weight is 495 g/mol. The number of ether oxygens (including phenoxy) is 1. The lowest BCUT2D eigenvalue weighted by Crippen LogP contribution is -2.53. The summed E-state index contributed by atoms with van der Waals surface area (Å²) in [4.78, 5) is 43.4. The first-order chi connectivity index (χ1) is 15.8. The molecule has 1 N–H and O–H groups in total. The molecule has 0 spiro atoms. The summed E-state index contributed by atoms with van der Waals surface area (Å²) in [6.07, 6.45) is 1.60. The van der Waals surface area contributed by atoms with E-state index in [0.717, 1.165) is 0 Å². The van der Waals surface area contributed by atoms with Crippen LogP contribution in [0.4, 0.5) is 4.79 Å². The van der Waals surface area contributed by atoms with Crippen LogP contribution in [0.1, 0.15) is 25.5 Å². The Bertz CT molecular complexity index is 973. The number of esters is 1. The van der Waals surface area contributed by atoms with Gasteiger partial charge in [-0.25, -0.2) is 9.59 Å². The van der Waals surface area contributed by atoms with Gasteiger partial charge in [0.1, 0.15) is 0 Å². The van der Waals surface area contributed by atoms with E-state index in [2.05, 4.69) is 16.8 Å². The molecule has 2 heterocycles. The summed E-state index contributed by atoms with van der Waals surface area (Å²) in [6, 6.07) is 3.77. The fourth-order valence-electron chi connectivity index (χ4n) is 4.05. The number of benzene rings is 1. The predicted octanol–water partition coefficient (Wildman–Crippen LogP) is 3.23. The number of hydrogen-bond acceptors (Lipinski definition) is 5. The fraction of sp³-hybridized carbons (Fsp3) is 0.435. The number of nitrogens with zero attached hydrogens (tertiary/aromatic N) is 3. The molecule has 0 bridgehead atoms. The van der Waals surface area contributed by atoms with Gasteiger partial charge in [0.15, 0.2) is 0 Å². The highest BCUT2D eigenvalue weighted by Crippen LogP contribution is 2.36. The fourth-order valence-corrected chi connectivity index (χ4v) is 4.56. The van der Waals surface area contributed by atoms with Crippen molar-refractivity contribution in [3.8, 4) is 0 Å². The highest BCUT2D eigenvalue weighted by molar-refractivity contribution is 6.35. The Kier molecular flexibility index (Phi) is 8.40. The Balaban J connectivity index is 2.06. The number of carbonyl (C=O) groups excluding carboxylic acids is 3. The number of urea groups is 1. The van der Waals surface area contributed by atoms with Crippen LogP contribution in [-0.4, -0.2) is 78.5 Å². The van der Waals surface area contributed by atoms with Crippen LogP contribution in [0.25, 0.3) is 0 Å². The van der Waals surface area contributed by atoms with E-state index in [1.54, 1.807) is 43.0 Å². The van der Waals surface area contributed by atoms with Gasteiger partial charge in [-0.1, -0.05) is 35.3 Å². The van der Waals surface area contributed by atoms with Crippen molar-refractivity contribution in [1.29, 1.82) is 0 Å². The van der Waals surface area contributed by atoms with Gasteiger partial charge in [0.05, 0.1) is 18.2 Å². The number of carbonyl (C=O) groups is 3. The largest absolute Gasteiger partial charge is 0.463 e. The molecule has 2 aliphatic rings. The SMILES string of the molecule is C=CCN1C(=O)N[C@@H](c2ccc(Cl)cc2Cl)C(C(=O)OCC)=C1CN1CCN(C(C)=O)CC1. The van der Waals surface area contributed by atoms with Crippen molar-refractivity contribution in [2.24, 2.45) is 0 Å². The Labute approximate surface area is 203 Å². The third-order valence-corrected chi connectivity index (χ3v) is 6.27. The van der Waals surface area contributed by atoms with E-state index >= 15 is 0 Å². The van der Waals surface area contributed by atoms with Gasteiger partial charge >= 0.3 is 12.0 Å². The zero-order chi connectivity index (χ0) is 24.1. The van der Waals surface area contributed by atoms with Crippen molar-refractivity contribution in [3.05, 3.63) is 57.7 Å². The minimum Gasteiger partial charge on any atom is -0.463 e. The summed E-state index contributed by atoms with van der Waals surface area (Å²) in [6.45, 7) is 10.2. The van der Waals surface area contributed by atoms with Gasteiger partial charge < -0.3 is 15.0 Å². The molecule has 1 aromatic carbocycles. The number of nitrogens with one attached hydrogen (secondary N) is 1. The third-order valence-electron chi connectivity index (χ3n) is 5.71. The van der Waals surface area contributed by atoms with Crippen molar-refractivity contribution in [3.63, 3.8) is 0 Å². The molecule has 2 aliphatic heterocycles. The molecule has 1 fully saturated rings. The van der Waals surface area contributed by atoms with Gasteiger partial charge in [0, 0.05) is 61.9 Å². The first-order valence-corrected chi connectivity index (χ1v) is 11.5. The van der Waals surface area contributed by atoms with Crippen molar-refractivity contribution in [2.75, 3.05) is 45.9 Å². The van der Waals surface area contributed by atoms with Crippen LogP contribution in [0, 0.1) is 0 Å². The van der Waals surface area contributed by atoms with Gasteiger partial charge in [-0.05, 0) is 24.6 Å². The topological polar surface area (TPSA) is 82.2 Å². The van der Waals surface area contributed by atoms with Crippen molar-refractivity contribution < 1.29 is 19.1 Å². The molecule has 3 rings (SSSR count). The summed E-state index contributed by atoms with van der Waals surface area (Å²) < 4.78 is 5.39. The van der Waals surface area contributed by atoms with E-state index in [1.165, 1.54) is 4.90 Å². The zero-order valence-electron chi connectivity index (χ0n) is 18.8. The van der Waals surface area contributed by atoms with Crippen molar-refractivity contribution in [1.82, 2.24) is 20.0 Å². The molecule has 178 valence electrons. The van der Waals surface area contributed by atoms with E-state index in [-0.39, 0.29) is 25.1 Å². The highest BCUT2D eigenvalue weighted by atomic mass is 35.5. The van der Waals surface area contributed by atoms with Crippen LogP contribution in [0.2, 0.25) is 10.0 Å². The molecule has 10 heteroatoms. The first kappa shape index (κ1) is 25.1. The van der Waals surface area contributed by atoms with Gasteiger partial charge in [0.25, 0.3) is 0 Å². The maximum absolute atomic E-state index is 13.2. The molecule has 1 aromatic rings. The van der Waals surface area contributed by atoms with Gasteiger partial charge in [-0.3, -0.25) is 14.6 Å². The van der Waals surface area contributed by atoms with Gasteiger partial charge in [0.2, 0.25) is 5.91 Å². The third kappa shape index (κ3) is 5.69. The number of amides is 3. The predicted molar refractivity (Wildman–Crippen MR) is 127 cm³/mol. The first-order valence-electron chi connectivity index (χ1n) is 10.8. The Morgan fingerprint density at radius 1 is 1.24 bits per heavy atom. The average Bonchev–Trinajstić information content (AvgIpc) is 2.76. The minimum absolute atomic E-state index is 0.0313. The summed E-state index contributed by atoms with van der Waals surface area (Å²) in [7, 11) is 0. The second-order valence-corrected chi connectivity index (χ2v) is 8.65. The van der Waals surface area contributed by atoms with E-state index in [1.807, 2.05) is 0 Å². The number of halogens is 2. The molecular weight excluding hydrogens is 467 g/mol. The molecule has 1 atom stereocenters. The lowest BCUT2D eigenvalue weighted by atomic mass is 9.94. The number of piperazine rings is 1. The maximum Gasteiger partial charge on any atom is 0.338 e. The molecule has 33 heavy (non-hydrogen) atoms. The van der Waals surface area contributed by atoms with Crippen LogP contribution in [0.15, 0.2) is 42.1 Å². The Morgan fingerprint density at radius 2 is 1.94 bits per heavy atom. The van der Waals surface area contributed by atoms with Crippen LogP contribution in [-0.2, 0) is 14.3 Å². The quantitative estimate of drug-likeness (QED) is 0.464. The second-order valence-electron chi connectivity index (χ2n) is 7.81. The van der Waals surface area contributed by atoms with Gasteiger partial charge in [-0.2, -0.15) is 0 Å². The van der Waals surface area contributed by atoms with E-state index in [9.17, 15) is 14.4 Å². The smallest absolute Gasteiger partial charge is 0.338 e. The monoisotopic (exact) mass is 494 g/mol. The number of hydrogen-bond donors (Lipinski definition) is 1. The second kappa shape index (κ2) is 11.0. The van der Waals surface area contributed by atoms with E-state index < -0.39 is 12.0 Å². The van der Waals surface area contributed by atoms with E-state index in [4.69, 9.17) is 27.9 Å². The molecule has 0 aromatic heterocycles. The molecule has 0 unspecified atom stereocenters. The molecular formula is C23H28Cl2N4O4. The Hall–Kier alpha value is -2.55. The summed E-state index contributed by atoms with van der Waals surface area (Å²) in [5.41, 5.74) is 1.40. The van der Waals surface area contributed by atoms with Crippen LogP contribution in [0.3, 0.4) is 0 Å². The normalized spacial score (nSPS) is 19.4. The molecule has 0 saturated carbocycles. The van der Waals surface area contributed by atoms with Crippen LogP contribution in [0.5, 0.6) is 0 Å². The van der Waals surface area contributed by atoms with Gasteiger partial charge in [-0.15, -0.1) is 6.58 Å². The lowest BCUT2D eigenvalue weighted by molar-refractivity contribution is -0.139. The molecule has 0 radical (unpaired) electrons. The summed E-state index contributed by atoms with van der Waals surface area (Å²) >= 11 is 12.5. The van der Waals surface area contributed by atoms with Crippen LogP contribution >= 0.6 is 23.2 Å². The Morgan fingerprint density at radius 3 is 2.52 bits per heavy atom. The number of rotatable bonds is 7. The molecule has 1 saturated heterocycles. The molecule has 3 amide bonds. The van der Waals surface area contributed by atoms with Crippen molar-refractivity contribution >= 4 is 41.1 Å². The lowest BCUT2D eigenvalue weighted by Gasteiger charge is -2.40.